The molecule has 0 aromatic carbocycles. The van der Waals surface area contributed by atoms with Crippen LogP contribution < -0.4 is 5.32 Å². The number of imidazole rings is 1. The number of aromatic amines is 1. The lowest BCUT2D eigenvalue weighted by Crippen LogP contribution is -2.34. The monoisotopic (exact) mass is 196 g/mol. The van der Waals surface area contributed by atoms with Gasteiger partial charge in [-0.1, -0.05) is 0 Å². The van der Waals surface area contributed by atoms with Gasteiger partial charge in [-0.05, 0) is 14.1 Å². The summed E-state index contributed by atoms with van der Waals surface area (Å²) in [5.41, 5.74) is 0. The third-order valence-electron chi connectivity index (χ3n) is 1.70. The van der Waals surface area contributed by atoms with Crippen LogP contribution in [-0.4, -0.2) is 48.0 Å². The number of likely N-dealkylation sites (N-methyl/N-ethyl adjacent to an activating group) is 1. The highest BCUT2D eigenvalue weighted by atomic mass is 16.1. The van der Waals surface area contributed by atoms with E-state index < -0.39 is 0 Å². The minimum absolute atomic E-state index is 0.0431. The normalized spacial score (nSPS) is 10.5. The Morgan fingerprint density at radius 1 is 1.64 bits per heavy atom. The smallest absolute Gasteiger partial charge is 0.234 e. The molecule has 1 aromatic rings. The van der Waals surface area contributed by atoms with Crippen molar-refractivity contribution in [2.75, 3.05) is 27.2 Å². The molecule has 78 valence electrons. The Hall–Kier alpha value is -1.36. The van der Waals surface area contributed by atoms with Gasteiger partial charge in [0.1, 0.15) is 5.82 Å². The van der Waals surface area contributed by atoms with Gasteiger partial charge >= 0.3 is 0 Å². The topological polar surface area (TPSA) is 61.0 Å². The molecular weight excluding hydrogens is 180 g/mol. The summed E-state index contributed by atoms with van der Waals surface area (Å²) in [5, 5.41) is 2.81. The third-order valence-corrected chi connectivity index (χ3v) is 1.70. The molecule has 0 aliphatic carbocycles. The van der Waals surface area contributed by atoms with Crippen LogP contribution >= 0.6 is 0 Å². The van der Waals surface area contributed by atoms with E-state index in [-0.39, 0.29) is 5.91 Å². The van der Waals surface area contributed by atoms with Gasteiger partial charge in [0.2, 0.25) is 5.91 Å². The van der Waals surface area contributed by atoms with Gasteiger partial charge in [-0.15, -0.1) is 0 Å². The summed E-state index contributed by atoms with van der Waals surface area (Å²) in [5.74, 6) is 0.941. The van der Waals surface area contributed by atoms with Crippen molar-refractivity contribution < 1.29 is 4.79 Å². The molecule has 1 heterocycles. The number of rotatable bonds is 5. The lowest BCUT2D eigenvalue weighted by atomic mass is 10.4. The van der Waals surface area contributed by atoms with Crippen molar-refractivity contribution in [1.29, 1.82) is 0 Å². The summed E-state index contributed by atoms with van der Waals surface area (Å²) in [6.45, 7) is 1.05. The van der Waals surface area contributed by atoms with Gasteiger partial charge < -0.3 is 15.2 Å². The first-order valence-electron chi connectivity index (χ1n) is 4.58. The minimum Gasteiger partial charge on any atom is -0.355 e. The average Bonchev–Trinajstić information content (AvgIpc) is 2.55. The summed E-state index contributed by atoms with van der Waals surface area (Å²) >= 11 is 0. The van der Waals surface area contributed by atoms with Gasteiger partial charge in [-0.2, -0.15) is 0 Å². The molecule has 5 heteroatoms. The first-order valence-corrected chi connectivity index (χ1v) is 4.58. The van der Waals surface area contributed by atoms with E-state index in [4.69, 9.17) is 0 Å². The molecule has 14 heavy (non-hydrogen) atoms. The molecule has 2 N–H and O–H groups in total. The zero-order valence-electron chi connectivity index (χ0n) is 8.58. The van der Waals surface area contributed by atoms with E-state index in [1.807, 2.05) is 19.0 Å². The molecule has 1 rings (SSSR count). The Labute approximate surface area is 83.5 Å². The van der Waals surface area contributed by atoms with E-state index in [0.29, 0.717) is 13.1 Å². The molecule has 0 unspecified atom stereocenters. The summed E-state index contributed by atoms with van der Waals surface area (Å²) < 4.78 is 0. The zero-order chi connectivity index (χ0) is 10.4. The number of H-pyrrole nitrogens is 1. The molecule has 0 saturated heterocycles. The van der Waals surface area contributed by atoms with E-state index in [2.05, 4.69) is 15.3 Å². The Morgan fingerprint density at radius 3 is 3.00 bits per heavy atom. The van der Waals surface area contributed by atoms with Crippen LogP contribution in [0.2, 0.25) is 0 Å². The zero-order valence-corrected chi connectivity index (χ0v) is 8.58. The Bertz CT molecular complexity index is 268. The van der Waals surface area contributed by atoms with Gasteiger partial charge in [0.05, 0.1) is 6.54 Å². The number of carbonyl (C=O) groups is 1. The van der Waals surface area contributed by atoms with Crippen LogP contribution in [0, 0.1) is 0 Å². The Morgan fingerprint density at radius 2 is 2.43 bits per heavy atom. The van der Waals surface area contributed by atoms with Gasteiger partial charge in [0.15, 0.2) is 0 Å². The van der Waals surface area contributed by atoms with Crippen molar-refractivity contribution in [3.63, 3.8) is 0 Å². The fourth-order valence-corrected chi connectivity index (χ4v) is 1.10. The van der Waals surface area contributed by atoms with Crippen molar-refractivity contribution >= 4 is 5.91 Å². The maximum atomic E-state index is 11.2. The number of hydrogen-bond acceptors (Lipinski definition) is 3. The van der Waals surface area contributed by atoms with Crippen LogP contribution in [0.3, 0.4) is 0 Å². The molecule has 0 aliphatic rings. The second-order valence-corrected chi connectivity index (χ2v) is 3.37. The minimum atomic E-state index is 0.0431. The maximum Gasteiger partial charge on any atom is 0.234 e. The summed E-state index contributed by atoms with van der Waals surface area (Å²) in [6.07, 6.45) is 4.22. The number of hydrogen-bond donors (Lipinski definition) is 2. The van der Waals surface area contributed by atoms with E-state index in [1.165, 1.54) is 0 Å². The molecule has 0 aliphatic heterocycles. The van der Waals surface area contributed by atoms with Crippen molar-refractivity contribution in [1.82, 2.24) is 20.2 Å². The van der Waals surface area contributed by atoms with Crippen LogP contribution in [0.25, 0.3) is 0 Å². The molecule has 0 radical (unpaired) electrons. The van der Waals surface area contributed by atoms with Crippen LogP contribution in [0.5, 0.6) is 0 Å². The van der Waals surface area contributed by atoms with Crippen molar-refractivity contribution in [2.24, 2.45) is 0 Å². The van der Waals surface area contributed by atoms with Crippen LogP contribution in [-0.2, 0) is 11.2 Å². The predicted octanol–water partition coefficient (Wildman–Crippen LogP) is -0.370. The molecule has 0 saturated carbocycles. The second-order valence-electron chi connectivity index (χ2n) is 3.37. The number of nitrogens with one attached hydrogen (secondary N) is 2. The predicted molar refractivity (Wildman–Crippen MR) is 53.9 cm³/mol. The number of aromatic nitrogens is 2. The quantitative estimate of drug-likeness (QED) is 0.675. The van der Waals surface area contributed by atoms with Crippen LogP contribution in [0.15, 0.2) is 12.4 Å². The van der Waals surface area contributed by atoms with Gasteiger partial charge in [0.25, 0.3) is 0 Å². The highest BCUT2D eigenvalue weighted by Crippen LogP contribution is 1.87. The number of nitrogens with zero attached hydrogens (tertiary/aromatic N) is 2. The Kier molecular flexibility index (Phi) is 4.12. The molecule has 0 atom stereocenters. The molecule has 0 spiro atoms. The van der Waals surface area contributed by atoms with Gasteiger partial charge in [0, 0.05) is 25.4 Å². The lowest BCUT2D eigenvalue weighted by Gasteiger charge is -2.09. The summed E-state index contributed by atoms with van der Waals surface area (Å²) in [6, 6.07) is 0. The lowest BCUT2D eigenvalue weighted by molar-refractivity contribution is -0.121. The molecule has 0 bridgehead atoms. The highest BCUT2D eigenvalue weighted by Gasteiger charge is 2.02. The molecule has 5 nitrogen and oxygen atoms in total. The highest BCUT2D eigenvalue weighted by molar-refractivity contribution is 5.77. The number of amides is 1. The van der Waals surface area contributed by atoms with Crippen LogP contribution in [0.1, 0.15) is 5.82 Å². The largest absolute Gasteiger partial charge is 0.355 e. The average molecular weight is 196 g/mol. The molecule has 0 fully saturated rings. The standard InChI is InChI=1S/C9H16N4O/c1-13(2)7-9(14)12-4-3-8-10-5-6-11-8/h5-6H,3-4,7H2,1-2H3,(H,10,11)(H,12,14). The first-order chi connectivity index (χ1) is 6.68. The second kappa shape index (κ2) is 5.39. The maximum absolute atomic E-state index is 11.2. The Balaban J connectivity index is 2.12. The van der Waals surface area contributed by atoms with Gasteiger partial charge in [-0.25, -0.2) is 4.98 Å². The van der Waals surface area contributed by atoms with Crippen molar-refractivity contribution in [2.45, 2.75) is 6.42 Å². The van der Waals surface area contributed by atoms with Crippen molar-refractivity contribution in [3.8, 4) is 0 Å². The van der Waals surface area contributed by atoms with E-state index >= 15 is 0 Å². The van der Waals surface area contributed by atoms with E-state index in [0.717, 1.165) is 12.2 Å². The third kappa shape index (κ3) is 4.04. The number of carbonyl (C=O) groups excluding carboxylic acids is 1. The molecular formula is C9H16N4O. The fourth-order valence-electron chi connectivity index (χ4n) is 1.10. The molecule has 1 amide bonds. The van der Waals surface area contributed by atoms with Crippen LogP contribution in [0.4, 0.5) is 0 Å². The van der Waals surface area contributed by atoms with Crippen molar-refractivity contribution in [3.05, 3.63) is 18.2 Å². The summed E-state index contributed by atoms with van der Waals surface area (Å²) in [7, 11) is 3.73. The fraction of sp³-hybridized carbons (Fsp3) is 0.556. The summed E-state index contributed by atoms with van der Waals surface area (Å²) in [4.78, 5) is 20.1. The first kappa shape index (κ1) is 10.7. The van der Waals surface area contributed by atoms with E-state index in [9.17, 15) is 4.79 Å². The molecule has 1 aromatic heterocycles. The SMILES string of the molecule is CN(C)CC(=O)NCCc1ncc[nH]1. The van der Waals surface area contributed by atoms with E-state index in [1.54, 1.807) is 12.4 Å². The van der Waals surface area contributed by atoms with Gasteiger partial charge in [-0.3, -0.25) is 4.79 Å².